The van der Waals surface area contributed by atoms with Gasteiger partial charge < -0.3 is 20.1 Å². The lowest BCUT2D eigenvalue weighted by Gasteiger charge is -2.25. The van der Waals surface area contributed by atoms with Crippen LogP contribution in [0.1, 0.15) is 53.5 Å². The lowest BCUT2D eigenvalue weighted by molar-refractivity contribution is -0.158. The van der Waals surface area contributed by atoms with Crippen molar-refractivity contribution < 1.29 is 23.9 Å². The van der Waals surface area contributed by atoms with Gasteiger partial charge in [0.05, 0.1) is 0 Å². The third-order valence-electron chi connectivity index (χ3n) is 3.65. The fraction of sp³-hybridized carbons (Fsp3) is 0.571. The normalized spacial score (nSPS) is 13.4. The summed E-state index contributed by atoms with van der Waals surface area (Å²) in [6.07, 6.45) is -0.276. The first-order valence-electron chi connectivity index (χ1n) is 9.48. The molecule has 0 unspecified atom stereocenters. The van der Waals surface area contributed by atoms with Gasteiger partial charge in [0.2, 0.25) is 5.91 Å². The molecule has 7 heteroatoms. The number of hydrogen-bond acceptors (Lipinski definition) is 5. The van der Waals surface area contributed by atoms with Gasteiger partial charge in [0.1, 0.15) is 24.3 Å². The summed E-state index contributed by atoms with van der Waals surface area (Å²) < 4.78 is 10.5. The van der Waals surface area contributed by atoms with Crippen molar-refractivity contribution in [3.63, 3.8) is 0 Å². The lowest BCUT2D eigenvalue weighted by atomic mass is 10.0. The predicted octanol–water partition coefficient (Wildman–Crippen LogP) is 3.17. The van der Waals surface area contributed by atoms with E-state index in [1.807, 2.05) is 44.2 Å². The molecule has 0 bridgehead atoms. The van der Waals surface area contributed by atoms with Gasteiger partial charge in [0.15, 0.2) is 0 Å². The van der Waals surface area contributed by atoms with Crippen molar-refractivity contribution in [2.24, 2.45) is 5.92 Å². The zero-order chi connectivity index (χ0) is 21.3. The molecule has 2 N–H and O–H groups in total. The largest absolute Gasteiger partial charge is 0.458 e. The van der Waals surface area contributed by atoms with Crippen LogP contribution in [0.4, 0.5) is 4.79 Å². The molecule has 0 spiro atoms. The zero-order valence-electron chi connectivity index (χ0n) is 17.6. The first-order valence-corrected chi connectivity index (χ1v) is 9.48. The number of amides is 2. The van der Waals surface area contributed by atoms with E-state index in [0.717, 1.165) is 5.56 Å². The minimum Gasteiger partial charge on any atom is -0.458 e. The van der Waals surface area contributed by atoms with Crippen LogP contribution in [0, 0.1) is 5.92 Å². The van der Waals surface area contributed by atoms with Crippen LogP contribution in [-0.4, -0.2) is 35.7 Å². The van der Waals surface area contributed by atoms with Crippen molar-refractivity contribution in [3.05, 3.63) is 35.9 Å². The van der Waals surface area contributed by atoms with Crippen LogP contribution in [0.25, 0.3) is 0 Å². The van der Waals surface area contributed by atoms with E-state index in [0.29, 0.717) is 6.42 Å². The number of nitrogens with one attached hydrogen (secondary N) is 2. The van der Waals surface area contributed by atoms with E-state index in [1.54, 1.807) is 27.7 Å². The van der Waals surface area contributed by atoms with Crippen LogP contribution >= 0.6 is 0 Å². The number of carbonyl (C=O) groups is 3. The summed E-state index contributed by atoms with van der Waals surface area (Å²) in [5.74, 6) is -0.832. The second-order valence-electron chi connectivity index (χ2n) is 8.15. The third kappa shape index (κ3) is 9.39. The van der Waals surface area contributed by atoms with E-state index in [2.05, 4.69) is 10.6 Å². The maximum Gasteiger partial charge on any atom is 0.408 e. The van der Waals surface area contributed by atoms with Gasteiger partial charge in [0.25, 0.3) is 0 Å². The van der Waals surface area contributed by atoms with E-state index in [9.17, 15) is 14.4 Å². The molecule has 1 aromatic rings. The molecular weight excluding hydrogens is 360 g/mol. The Kier molecular flexibility index (Phi) is 8.96. The Labute approximate surface area is 167 Å². The van der Waals surface area contributed by atoms with Crippen LogP contribution < -0.4 is 10.6 Å². The second-order valence-corrected chi connectivity index (χ2v) is 8.15. The van der Waals surface area contributed by atoms with Gasteiger partial charge in [-0.05, 0) is 45.6 Å². The summed E-state index contributed by atoms with van der Waals surface area (Å²) in [6.45, 7) is 10.8. The molecule has 28 heavy (non-hydrogen) atoms. The lowest BCUT2D eigenvalue weighted by Crippen LogP contribution is -2.52. The maximum atomic E-state index is 12.6. The molecule has 0 aliphatic rings. The fourth-order valence-electron chi connectivity index (χ4n) is 2.37. The van der Waals surface area contributed by atoms with E-state index in [1.165, 1.54) is 0 Å². The first kappa shape index (κ1) is 23.5. The van der Waals surface area contributed by atoms with E-state index in [-0.39, 0.29) is 12.5 Å². The molecule has 0 heterocycles. The highest BCUT2D eigenvalue weighted by Crippen LogP contribution is 2.10. The Morgan fingerprint density at radius 1 is 1.00 bits per heavy atom. The van der Waals surface area contributed by atoms with Crippen molar-refractivity contribution in [3.8, 4) is 0 Å². The average Bonchev–Trinajstić information content (AvgIpc) is 2.58. The highest BCUT2D eigenvalue weighted by Gasteiger charge is 2.28. The Bertz CT molecular complexity index is 653. The highest BCUT2D eigenvalue weighted by molar-refractivity contribution is 5.89. The Morgan fingerprint density at radius 2 is 1.61 bits per heavy atom. The first-order chi connectivity index (χ1) is 13.0. The number of alkyl carbamates (subject to hydrolysis) is 1. The molecule has 7 nitrogen and oxygen atoms in total. The molecule has 0 radical (unpaired) electrons. The van der Waals surface area contributed by atoms with E-state index < -0.39 is 35.7 Å². The van der Waals surface area contributed by atoms with Crippen molar-refractivity contribution in [1.29, 1.82) is 0 Å². The fourth-order valence-corrected chi connectivity index (χ4v) is 2.37. The third-order valence-corrected chi connectivity index (χ3v) is 3.65. The second kappa shape index (κ2) is 10.7. The Morgan fingerprint density at radius 3 is 2.14 bits per heavy atom. The summed E-state index contributed by atoms with van der Waals surface area (Å²) in [5, 5.41) is 5.19. The minimum atomic E-state index is -0.830. The van der Waals surface area contributed by atoms with E-state index >= 15 is 0 Å². The number of esters is 1. The number of rotatable bonds is 8. The molecule has 2 amide bonds. The van der Waals surface area contributed by atoms with Gasteiger partial charge in [-0.15, -0.1) is 0 Å². The number of carbonyl (C=O) groups excluding carboxylic acids is 3. The highest BCUT2D eigenvalue weighted by atomic mass is 16.6. The molecule has 0 saturated heterocycles. The molecule has 0 saturated carbocycles. The van der Waals surface area contributed by atoms with E-state index in [4.69, 9.17) is 9.47 Å². The van der Waals surface area contributed by atoms with Crippen molar-refractivity contribution >= 4 is 18.0 Å². The topological polar surface area (TPSA) is 93.7 Å². The minimum absolute atomic E-state index is 0.108. The van der Waals surface area contributed by atoms with Crippen LogP contribution in [0.2, 0.25) is 0 Å². The quantitative estimate of drug-likeness (QED) is 0.663. The summed E-state index contributed by atoms with van der Waals surface area (Å²) >= 11 is 0. The van der Waals surface area contributed by atoms with Crippen LogP contribution in [0.3, 0.4) is 0 Å². The van der Waals surface area contributed by atoms with Gasteiger partial charge in [-0.3, -0.25) is 4.79 Å². The van der Waals surface area contributed by atoms with Crippen LogP contribution in [0.15, 0.2) is 30.3 Å². The summed E-state index contributed by atoms with van der Waals surface area (Å²) in [6, 6.07) is 7.62. The van der Waals surface area contributed by atoms with Crippen molar-refractivity contribution in [2.45, 2.75) is 72.3 Å². The monoisotopic (exact) mass is 392 g/mol. The van der Waals surface area contributed by atoms with Crippen molar-refractivity contribution in [1.82, 2.24) is 10.6 Å². The number of benzene rings is 1. The molecule has 156 valence electrons. The molecule has 0 fully saturated rings. The van der Waals surface area contributed by atoms with Gasteiger partial charge in [0, 0.05) is 0 Å². The maximum absolute atomic E-state index is 12.6. The van der Waals surface area contributed by atoms with Crippen molar-refractivity contribution in [2.75, 3.05) is 0 Å². The molecule has 1 rings (SSSR count). The standard InChI is InChI=1S/C21H32N2O5/c1-14(2)12-17(18(24)22-15(3)19(25)28-21(4,5)6)23-20(26)27-13-16-10-8-7-9-11-16/h7-11,14-15,17H,12-13H2,1-6H3,(H,22,24)(H,23,26)/t15-,17-/m0/s1. The summed E-state index contributed by atoms with van der Waals surface area (Å²) in [5.41, 5.74) is 0.202. The molecule has 0 aliphatic heterocycles. The zero-order valence-corrected chi connectivity index (χ0v) is 17.6. The van der Waals surface area contributed by atoms with Gasteiger partial charge in [-0.1, -0.05) is 44.2 Å². The average molecular weight is 392 g/mol. The summed E-state index contributed by atoms with van der Waals surface area (Å²) in [7, 11) is 0. The number of ether oxygens (including phenoxy) is 2. The van der Waals surface area contributed by atoms with Gasteiger partial charge in [-0.25, -0.2) is 9.59 Å². The Hall–Kier alpha value is -2.57. The smallest absolute Gasteiger partial charge is 0.408 e. The SMILES string of the molecule is CC(C)C[C@H](NC(=O)OCc1ccccc1)C(=O)N[C@@H](C)C(=O)OC(C)(C)C. The predicted molar refractivity (Wildman–Crippen MR) is 106 cm³/mol. The molecule has 2 atom stereocenters. The molecule has 0 aromatic heterocycles. The van der Waals surface area contributed by atoms with Gasteiger partial charge >= 0.3 is 12.1 Å². The van der Waals surface area contributed by atoms with Gasteiger partial charge in [-0.2, -0.15) is 0 Å². The van der Waals surface area contributed by atoms with Crippen LogP contribution in [0.5, 0.6) is 0 Å². The molecular formula is C21H32N2O5. The molecule has 0 aliphatic carbocycles. The summed E-state index contributed by atoms with van der Waals surface area (Å²) in [4.78, 5) is 36.8. The Balaban J connectivity index is 2.63. The molecule has 1 aromatic carbocycles. The van der Waals surface area contributed by atoms with Crippen LogP contribution in [-0.2, 0) is 25.7 Å². The number of hydrogen-bond donors (Lipinski definition) is 2.